The van der Waals surface area contributed by atoms with Gasteiger partial charge in [-0.1, -0.05) is 42.5 Å². The number of ether oxygens (including phenoxy) is 1. The highest BCUT2D eigenvalue weighted by Gasteiger charge is 2.30. The number of pyridine rings is 1. The van der Waals surface area contributed by atoms with E-state index in [2.05, 4.69) is 38.9 Å². The number of nitriles is 1. The fraction of sp³-hybridized carbons (Fsp3) is 0.321. The molecule has 2 aromatic carbocycles. The number of anilines is 1. The summed E-state index contributed by atoms with van der Waals surface area (Å²) in [6.45, 7) is 6.95. The molecule has 0 aliphatic carbocycles. The van der Waals surface area contributed by atoms with Crippen LogP contribution in [-0.2, 0) is 9.53 Å². The van der Waals surface area contributed by atoms with E-state index in [0.29, 0.717) is 23.7 Å². The van der Waals surface area contributed by atoms with Crippen LogP contribution in [0.1, 0.15) is 24.5 Å². The van der Waals surface area contributed by atoms with Crippen molar-refractivity contribution in [3.63, 3.8) is 0 Å². The number of hydrogen-bond acceptors (Lipinski definition) is 6. The minimum atomic E-state index is -0.219. The lowest BCUT2D eigenvalue weighted by molar-refractivity contribution is -0.142. The molecular formula is C28H29N5O2. The molecule has 0 spiro atoms. The lowest BCUT2D eigenvalue weighted by Gasteiger charge is -2.26. The fourth-order valence-corrected chi connectivity index (χ4v) is 5.15. The molecule has 0 bridgehead atoms. The maximum absolute atomic E-state index is 11.7. The first kappa shape index (κ1) is 22.9. The van der Waals surface area contributed by atoms with Crippen molar-refractivity contribution >= 4 is 28.5 Å². The zero-order valence-corrected chi connectivity index (χ0v) is 20.1. The molecule has 0 amide bonds. The van der Waals surface area contributed by atoms with Crippen LogP contribution in [0.4, 0.5) is 5.82 Å². The summed E-state index contributed by atoms with van der Waals surface area (Å²) in [6, 6.07) is 20.8. The molecule has 0 unspecified atom stereocenters. The van der Waals surface area contributed by atoms with Gasteiger partial charge in [0, 0.05) is 25.2 Å². The molecule has 0 saturated carbocycles. The minimum absolute atomic E-state index is 0.219. The van der Waals surface area contributed by atoms with E-state index in [-0.39, 0.29) is 12.5 Å². The number of imidazole rings is 1. The second-order valence-electron chi connectivity index (χ2n) is 8.97. The zero-order valence-electron chi connectivity index (χ0n) is 20.1. The van der Waals surface area contributed by atoms with Gasteiger partial charge in [-0.3, -0.25) is 9.20 Å². The number of nitrogens with zero attached hydrogens (tertiary/aromatic N) is 4. The van der Waals surface area contributed by atoms with Crippen LogP contribution in [0.3, 0.4) is 0 Å². The summed E-state index contributed by atoms with van der Waals surface area (Å²) in [5.74, 6) is 1.25. The number of esters is 1. The van der Waals surface area contributed by atoms with Crippen molar-refractivity contribution in [1.29, 1.82) is 5.26 Å². The number of rotatable bonds is 7. The van der Waals surface area contributed by atoms with Crippen molar-refractivity contribution in [3.8, 4) is 17.2 Å². The molecule has 7 nitrogen and oxygen atoms in total. The van der Waals surface area contributed by atoms with Crippen molar-refractivity contribution < 1.29 is 9.53 Å². The van der Waals surface area contributed by atoms with Crippen molar-refractivity contribution in [2.75, 3.05) is 37.7 Å². The first-order valence-electron chi connectivity index (χ1n) is 12.1. The Kier molecular flexibility index (Phi) is 6.39. The number of carbonyl (C=O) groups excluding carboxylic acids is 1. The van der Waals surface area contributed by atoms with E-state index < -0.39 is 0 Å². The summed E-state index contributed by atoms with van der Waals surface area (Å²) in [5.41, 5.74) is 6.27. The Bertz CT molecular complexity index is 1420. The maximum Gasteiger partial charge on any atom is 0.319 e. The van der Waals surface area contributed by atoms with Gasteiger partial charge in [0.25, 0.3) is 0 Å². The van der Waals surface area contributed by atoms with E-state index in [4.69, 9.17) is 9.72 Å². The second-order valence-corrected chi connectivity index (χ2v) is 8.97. The van der Waals surface area contributed by atoms with E-state index in [1.54, 1.807) is 0 Å². The highest BCUT2D eigenvalue weighted by molar-refractivity contribution is 5.92. The maximum atomic E-state index is 11.7. The van der Waals surface area contributed by atoms with Gasteiger partial charge < -0.3 is 15.0 Å². The Morgan fingerprint density at radius 3 is 2.74 bits per heavy atom. The Morgan fingerprint density at radius 1 is 1.20 bits per heavy atom. The normalized spacial score (nSPS) is 15.6. The van der Waals surface area contributed by atoms with Crippen molar-refractivity contribution in [1.82, 2.24) is 14.7 Å². The lowest BCUT2D eigenvalue weighted by atomic mass is 9.97. The molecule has 3 heterocycles. The predicted molar refractivity (Wildman–Crippen MR) is 137 cm³/mol. The van der Waals surface area contributed by atoms with E-state index in [1.165, 1.54) is 0 Å². The molecular weight excluding hydrogens is 438 g/mol. The summed E-state index contributed by atoms with van der Waals surface area (Å²) in [4.78, 5) is 19.0. The van der Waals surface area contributed by atoms with E-state index in [9.17, 15) is 10.1 Å². The quantitative estimate of drug-likeness (QED) is 0.408. The Hall–Kier alpha value is -3.89. The fourth-order valence-electron chi connectivity index (χ4n) is 5.15. The van der Waals surface area contributed by atoms with Crippen molar-refractivity contribution in [3.05, 3.63) is 65.7 Å². The van der Waals surface area contributed by atoms with Crippen LogP contribution < -0.4 is 10.2 Å². The predicted octanol–water partition coefficient (Wildman–Crippen LogP) is 4.31. The van der Waals surface area contributed by atoms with Gasteiger partial charge in [0.1, 0.15) is 11.9 Å². The number of para-hydroxylation sites is 2. The Balaban J connectivity index is 1.60. The standard InChI is InChI=1S/C28H29N5O2/c1-3-35-25(34)17-30-16-20-13-14-32(18-20)28-26(21-9-5-4-6-10-21)19(2)22(15-29)27-31-23-11-7-8-12-24(23)33(27)28/h4-12,20,30H,3,13-14,16-18H2,1-2H3/t20-/m0/s1. The smallest absolute Gasteiger partial charge is 0.319 e. The SMILES string of the molecule is CCOC(=O)CNC[C@@H]1CCN(c2c(-c3ccccc3)c(C)c(C#N)c3nc4ccccc4n23)C1. The first-order chi connectivity index (χ1) is 17.1. The van der Waals surface area contributed by atoms with Gasteiger partial charge in [-0.2, -0.15) is 5.26 Å². The molecule has 35 heavy (non-hydrogen) atoms. The van der Waals surface area contributed by atoms with Crippen LogP contribution in [0.25, 0.3) is 27.8 Å². The molecule has 1 aliphatic heterocycles. The van der Waals surface area contributed by atoms with Gasteiger partial charge in [-0.15, -0.1) is 0 Å². The third-order valence-corrected chi connectivity index (χ3v) is 6.74. The van der Waals surface area contributed by atoms with Gasteiger partial charge in [-0.05, 0) is 49.4 Å². The largest absolute Gasteiger partial charge is 0.465 e. The van der Waals surface area contributed by atoms with Gasteiger partial charge >= 0.3 is 5.97 Å². The molecule has 7 heteroatoms. The summed E-state index contributed by atoms with van der Waals surface area (Å²) in [7, 11) is 0. The molecule has 5 rings (SSSR count). The number of aromatic nitrogens is 2. The summed E-state index contributed by atoms with van der Waals surface area (Å²) < 4.78 is 7.19. The topological polar surface area (TPSA) is 82.7 Å². The minimum Gasteiger partial charge on any atom is -0.465 e. The van der Waals surface area contributed by atoms with E-state index in [0.717, 1.165) is 59.6 Å². The van der Waals surface area contributed by atoms with E-state index in [1.807, 2.05) is 50.2 Å². The van der Waals surface area contributed by atoms with Gasteiger partial charge in [-0.25, -0.2) is 4.98 Å². The molecule has 0 radical (unpaired) electrons. The first-order valence-corrected chi connectivity index (χ1v) is 12.1. The average Bonchev–Trinajstić information content (AvgIpc) is 3.49. The molecule has 1 atom stereocenters. The number of fused-ring (bicyclic) bond motifs is 3. The van der Waals surface area contributed by atoms with Crippen molar-refractivity contribution in [2.24, 2.45) is 5.92 Å². The average molecular weight is 468 g/mol. The van der Waals surface area contributed by atoms with Crippen LogP contribution in [0.15, 0.2) is 54.6 Å². The Morgan fingerprint density at radius 2 is 1.97 bits per heavy atom. The van der Waals surface area contributed by atoms with Gasteiger partial charge in [0.2, 0.25) is 0 Å². The molecule has 1 N–H and O–H groups in total. The summed E-state index contributed by atoms with van der Waals surface area (Å²) >= 11 is 0. The van der Waals surface area contributed by atoms with E-state index >= 15 is 0 Å². The molecule has 1 aliphatic rings. The Labute approximate surface area is 204 Å². The third-order valence-electron chi connectivity index (χ3n) is 6.74. The third kappa shape index (κ3) is 4.22. The number of hydrogen-bond donors (Lipinski definition) is 1. The molecule has 1 fully saturated rings. The number of nitrogens with one attached hydrogen (secondary N) is 1. The zero-order chi connectivity index (χ0) is 24.4. The summed E-state index contributed by atoms with van der Waals surface area (Å²) in [6.07, 6.45) is 1.01. The second kappa shape index (κ2) is 9.77. The highest BCUT2D eigenvalue weighted by Crippen LogP contribution is 2.41. The number of benzene rings is 2. The molecule has 1 saturated heterocycles. The van der Waals surface area contributed by atoms with Crippen LogP contribution in [-0.4, -0.2) is 48.1 Å². The monoisotopic (exact) mass is 467 g/mol. The lowest BCUT2D eigenvalue weighted by Crippen LogP contribution is -2.31. The van der Waals surface area contributed by atoms with Crippen LogP contribution in [0, 0.1) is 24.2 Å². The molecule has 2 aromatic heterocycles. The highest BCUT2D eigenvalue weighted by atomic mass is 16.5. The summed E-state index contributed by atoms with van der Waals surface area (Å²) in [5, 5.41) is 13.4. The van der Waals surface area contributed by atoms with Crippen LogP contribution in [0.5, 0.6) is 0 Å². The van der Waals surface area contributed by atoms with Gasteiger partial charge in [0.05, 0.1) is 29.7 Å². The van der Waals surface area contributed by atoms with Gasteiger partial charge in [0.15, 0.2) is 5.65 Å². The van der Waals surface area contributed by atoms with Crippen LogP contribution >= 0.6 is 0 Å². The molecule has 4 aromatic rings. The van der Waals surface area contributed by atoms with Crippen molar-refractivity contribution in [2.45, 2.75) is 20.3 Å². The number of carbonyl (C=O) groups is 1. The molecule has 178 valence electrons. The van der Waals surface area contributed by atoms with Crippen LogP contribution in [0.2, 0.25) is 0 Å².